The number of halogens is 1. The first kappa shape index (κ1) is 18.4. The molecular weight excluding hydrogens is 355 g/mol. The molecule has 0 aromatic heterocycles. The van der Waals surface area contributed by atoms with Gasteiger partial charge in [-0.15, -0.1) is 0 Å². The summed E-state index contributed by atoms with van der Waals surface area (Å²) in [6.07, 6.45) is 0. The fraction of sp³-hybridized carbons (Fsp3) is 0.211. The molecule has 1 atom stereocenters. The zero-order chi connectivity index (χ0) is 19.6. The molecule has 0 aliphatic carbocycles. The van der Waals surface area contributed by atoms with Gasteiger partial charge >= 0.3 is 6.03 Å². The fourth-order valence-electron chi connectivity index (χ4n) is 2.49. The number of barbiturate groups is 1. The van der Waals surface area contributed by atoms with Crippen LogP contribution in [-0.2, 0) is 16.2 Å². The lowest BCUT2D eigenvalue weighted by Crippen LogP contribution is -2.67. The molecule has 1 N–H and O–H groups in total. The average molecular weight is 372 g/mol. The number of nitrogens with one attached hydrogen (secondary N) is 1. The topological polar surface area (TPSA) is 84.9 Å². The summed E-state index contributed by atoms with van der Waals surface area (Å²) < 4.78 is 24.1. The minimum absolute atomic E-state index is 0.256. The molecule has 7 nitrogen and oxygen atoms in total. The number of hydrogen-bond acceptors (Lipinski definition) is 5. The highest BCUT2D eigenvalue weighted by atomic mass is 19.1. The summed E-state index contributed by atoms with van der Waals surface area (Å²) in [6, 6.07) is 11.5. The molecule has 3 rings (SSSR count). The quantitative estimate of drug-likeness (QED) is 0.814. The molecule has 1 fully saturated rings. The Kier molecular flexibility index (Phi) is 4.81. The maximum Gasteiger partial charge on any atom is 0.330 e. The number of urea groups is 1. The lowest BCUT2D eigenvalue weighted by molar-refractivity contribution is -0.155. The predicted molar refractivity (Wildman–Crippen MR) is 92.5 cm³/mol. The monoisotopic (exact) mass is 372 g/mol. The summed E-state index contributed by atoms with van der Waals surface area (Å²) in [6.45, 7) is 1.55. The van der Waals surface area contributed by atoms with Crippen LogP contribution < -0.4 is 14.8 Å². The van der Waals surface area contributed by atoms with Crippen LogP contribution in [0.15, 0.2) is 48.5 Å². The molecule has 0 bridgehead atoms. The van der Waals surface area contributed by atoms with E-state index < -0.39 is 23.4 Å². The third-order valence-electron chi connectivity index (χ3n) is 4.14. The SMILES string of the molecule is CN1C(=O)NC(=O)C(C)(Oc2ccc(OCc3ccc(F)cc3)cc2)C1=O. The Hall–Kier alpha value is -3.42. The van der Waals surface area contributed by atoms with Crippen molar-refractivity contribution in [2.45, 2.75) is 19.1 Å². The smallest absolute Gasteiger partial charge is 0.330 e. The molecule has 8 heteroatoms. The highest BCUT2D eigenvalue weighted by Gasteiger charge is 2.51. The molecule has 1 saturated heterocycles. The van der Waals surface area contributed by atoms with Crippen LogP contribution in [0.5, 0.6) is 11.5 Å². The average Bonchev–Trinajstić information content (AvgIpc) is 2.66. The van der Waals surface area contributed by atoms with E-state index in [2.05, 4.69) is 5.32 Å². The maximum absolute atomic E-state index is 12.9. The van der Waals surface area contributed by atoms with E-state index in [1.807, 2.05) is 0 Å². The molecule has 2 aromatic rings. The Balaban J connectivity index is 1.66. The number of carbonyl (C=O) groups is 3. The summed E-state index contributed by atoms with van der Waals surface area (Å²) in [7, 11) is 1.26. The highest BCUT2D eigenvalue weighted by Crippen LogP contribution is 2.25. The van der Waals surface area contributed by atoms with Crippen LogP contribution in [0, 0.1) is 5.82 Å². The van der Waals surface area contributed by atoms with Crippen molar-refractivity contribution in [3.05, 3.63) is 59.9 Å². The van der Waals surface area contributed by atoms with Crippen LogP contribution >= 0.6 is 0 Å². The van der Waals surface area contributed by atoms with Gasteiger partial charge in [-0.2, -0.15) is 0 Å². The Morgan fingerprint density at radius 1 is 1.00 bits per heavy atom. The number of likely N-dealkylation sites (N-methyl/N-ethyl adjacent to an activating group) is 1. The Morgan fingerprint density at radius 2 is 1.59 bits per heavy atom. The molecule has 27 heavy (non-hydrogen) atoms. The highest BCUT2D eigenvalue weighted by molar-refractivity contribution is 6.21. The van der Waals surface area contributed by atoms with Crippen LogP contribution in [0.1, 0.15) is 12.5 Å². The normalized spacial score (nSPS) is 19.7. The second kappa shape index (κ2) is 7.06. The first-order chi connectivity index (χ1) is 12.8. The van der Waals surface area contributed by atoms with Crippen molar-refractivity contribution in [1.82, 2.24) is 10.2 Å². The Labute approximate surface area is 154 Å². The number of benzene rings is 2. The van der Waals surface area contributed by atoms with Gasteiger partial charge in [-0.05, 0) is 48.9 Å². The molecule has 0 saturated carbocycles. The van der Waals surface area contributed by atoms with Gasteiger partial charge in [0.05, 0.1) is 0 Å². The molecule has 0 radical (unpaired) electrons. The van der Waals surface area contributed by atoms with E-state index in [1.165, 1.54) is 26.1 Å². The van der Waals surface area contributed by atoms with E-state index in [0.29, 0.717) is 5.75 Å². The van der Waals surface area contributed by atoms with E-state index in [1.54, 1.807) is 36.4 Å². The number of amides is 4. The number of imide groups is 2. The molecule has 140 valence electrons. The first-order valence-electron chi connectivity index (χ1n) is 8.09. The van der Waals surface area contributed by atoms with Crippen molar-refractivity contribution in [1.29, 1.82) is 0 Å². The lowest BCUT2D eigenvalue weighted by Gasteiger charge is -2.35. The van der Waals surface area contributed by atoms with Crippen molar-refractivity contribution in [2.24, 2.45) is 0 Å². The van der Waals surface area contributed by atoms with Gasteiger partial charge in [0.15, 0.2) is 0 Å². The third kappa shape index (κ3) is 3.74. The first-order valence-corrected chi connectivity index (χ1v) is 8.09. The Bertz CT molecular complexity index is 882. The summed E-state index contributed by atoms with van der Waals surface area (Å²) in [5.74, 6) is -1.11. The minimum atomic E-state index is -1.85. The van der Waals surface area contributed by atoms with Crippen LogP contribution in [0.2, 0.25) is 0 Å². The molecule has 1 unspecified atom stereocenters. The number of hydrogen-bond donors (Lipinski definition) is 1. The van der Waals surface area contributed by atoms with E-state index >= 15 is 0 Å². The van der Waals surface area contributed by atoms with Crippen molar-refractivity contribution < 1.29 is 28.2 Å². The lowest BCUT2D eigenvalue weighted by atomic mass is 10.0. The van der Waals surface area contributed by atoms with Gasteiger partial charge in [0.25, 0.3) is 17.4 Å². The van der Waals surface area contributed by atoms with Crippen molar-refractivity contribution in [2.75, 3.05) is 7.05 Å². The van der Waals surface area contributed by atoms with Crippen LogP contribution in [-0.4, -0.2) is 35.4 Å². The van der Waals surface area contributed by atoms with Crippen LogP contribution in [0.3, 0.4) is 0 Å². The van der Waals surface area contributed by atoms with E-state index in [9.17, 15) is 18.8 Å². The summed E-state index contributed by atoms with van der Waals surface area (Å²) in [5.41, 5.74) is -1.04. The molecule has 1 heterocycles. The third-order valence-corrected chi connectivity index (χ3v) is 4.14. The second-order valence-corrected chi connectivity index (χ2v) is 6.15. The fourth-order valence-corrected chi connectivity index (χ4v) is 2.49. The second-order valence-electron chi connectivity index (χ2n) is 6.15. The largest absolute Gasteiger partial charge is 0.489 e. The van der Waals surface area contributed by atoms with Gasteiger partial charge in [-0.3, -0.25) is 19.8 Å². The zero-order valence-corrected chi connectivity index (χ0v) is 14.7. The van der Waals surface area contributed by atoms with Gasteiger partial charge in [-0.1, -0.05) is 12.1 Å². The van der Waals surface area contributed by atoms with Gasteiger partial charge in [0.1, 0.15) is 23.9 Å². The standard InChI is InChI=1S/C19H17FN2O5/c1-19(16(23)21-18(25)22(2)17(19)24)27-15-9-7-14(8-10-15)26-11-12-3-5-13(20)6-4-12/h3-10H,11H2,1-2H3,(H,21,23,25). The molecule has 1 aliphatic heterocycles. The molecular formula is C19H17FN2O5. The van der Waals surface area contributed by atoms with Crippen LogP contribution in [0.4, 0.5) is 9.18 Å². The van der Waals surface area contributed by atoms with Crippen molar-refractivity contribution in [3.63, 3.8) is 0 Å². The van der Waals surface area contributed by atoms with Crippen molar-refractivity contribution in [3.8, 4) is 11.5 Å². The van der Waals surface area contributed by atoms with Gasteiger partial charge < -0.3 is 9.47 Å². The number of ether oxygens (including phenoxy) is 2. The molecule has 0 spiro atoms. The predicted octanol–water partition coefficient (Wildman–Crippen LogP) is 2.25. The molecule has 2 aromatic carbocycles. The van der Waals surface area contributed by atoms with Gasteiger partial charge in [-0.25, -0.2) is 9.18 Å². The van der Waals surface area contributed by atoms with Crippen LogP contribution in [0.25, 0.3) is 0 Å². The maximum atomic E-state index is 12.9. The van der Waals surface area contributed by atoms with E-state index in [0.717, 1.165) is 10.5 Å². The zero-order valence-electron chi connectivity index (χ0n) is 14.7. The number of nitrogens with zero attached hydrogens (tertiary/aromatic N) is 1. The Morgan fingerprint density at radius 3 is 2.22 bits per heavy atom. The summed E-state index contributed by atoms with van der Waals surface area (Å²) in [5, 5.41) is 2.07. The van der Waals surface area contributed by atoms with Crippen molar-refractivity contribution >= 4 is 17.8 Å². The summed E-state index contributed by atoms with van der Waals surface area (Å²) >= 11 is 0. The molecule has 4 amide bonds. The van der Waals surface area contributed by atoms with Gasteiger partial charge in [0.2, 0.25) is 0 Å². The minimum Gasteiger partial charge on any atom is -0.489 e. The molecule has 1 aliphatic rings. The summed E-state index contributed by atoms with van der Waals surface area (Å²) in [4.78, 5) is 36.7. The van der Waals surface area contributed by atoms with E-state index in [4.69, 9.17) is 9.47 Å². The van der Waals surface area contributed by atoms with E-state index in [-0.39, 0.29) is 18.2 Å². The number of carbonyl (C=O) groups excluding carboxylic acids is 3. The van der Waals surface area contributed by atoms with Gasteiger partial charge in [0, 0.05) is 7.05 Å². The number of rotatable bonds is 5.